The largest absolute Gasteiger partial charge is 0.496 e. The highest BCUT2D eigenvalue weighted by atomic mass is 32.1. The highest BCUT2D eigenvalue weighted by Gasteiger charge is 2.29. The van der Waals surface area contributed by atoms with Crippen LogP contribution in [-0.4, -0.2) is 50.8 Å². The number of aryl methyl sites for hydroxylation is 2. The number of aromatic nitrogens is 4. The van der Waals surface area contributed by atoms with Crippen LogP contribution in [-0.2, 0) is 22.2 Å². The quantitative estimate of drug-likeness (QED) is 0.408. The first-order chi connectivity index (χ1) is 17.3. The van der Waals surface area contributed by atoms with Crippen molar-refractivity contribution in [2.75, 3.05) is 20.2 Å². The van der Waals surface area contributed by atoms with Gasteiger partial charge in [-0.2, -0.15) is 5.10 Å². The van der Waals surface area contributed by atoms with Gasteiger partial charge in [0.1, 0.15) is 29.0 Å². The molecule has 4 rings (SSSR count). The van der Waals surface area contributed by atoms with Gasteiger partial charge in [0.15, 0.2) is 0 Å². The SMILES string of the molecule is COc1c(C(C)(C)C)cc(-c2ncc(C3CCN(C(=O)Cn4nc(C)nc4C)CC3)s2)cc1C(C)(C)C. The average Bonchev–Trinajstić information content (AvgIpc) is 3.43. The number of thiazole rings is 1. The normalized spacial score (nSPS) is 15.3. The molecule has 0 N–H and O–H groups in total. The summed E-state index contributed by atoms with van der Waals surface area (Å²) >= 11 is 1.78. The Balaban J connectivity index is 1.51. The van der Waals surface area contributed by atoms with Gasteiger partial charge in [0.05, 0.1) is 7.11 Å². The number of methoxy groups -OCH3 is 1. The lowest BCUT2D eigenvalue weighted by Crippen LogP contribution is -2.40. The predicted molar refractivity (Wildman–Crippen MR) is 150 cm³/mol. The fourth-order valence-corrected chi connectivity index (χ4v) is 6.12. The van der Waals surface area contributed by atoms with E-state index in [2.05, 4.69) is 63.8 Å². The van der Waals surface area contributed by atoms with Crippen molar-refractivity contribution in [2.24, 2.45) is 0 Å². The van der Waals surface area contributed by atoms with E-state index in [4.69, 9.17) is 9.72 Å². The van der Waals surface area contributed by atoms with Crippen molar-refractivity contribution < 1.29 is 9.53 Å². The van der Waals surface area contributed by atoms with Gasteiger partial charge in [0, 0.05) is 40.9 Å². The summed E-state index contributed by atoms with van der Waals surface area (Å²) in [4.78, 5) is 25.3. The Hall–Kier alpha value is -2.74. The summed E-state index contributed by atoms with van der Waals surface area (Å²) in [6, 6.07) is 4.51. The van der Waals surface area contributed by atoms with E-state index >= 15 is 0 Å². The maximum absolute atomic E-state index is 12.9. The Morgan fingerprint density at radius 1 is 1.05 bits per heavy atom. The van der Waals surface area contributed by atoms with E-state index in [9.17, 15) is 4.79 Å². The Bertz CT molecular complexity index is 1240. The van der Waals surface area contributed by atoms with Crippen molar-refractivity contribution in [1.82, 2.24) is 24.6 Å². The molecule has 0 bridgehead atoms. The fourth-order valence-electron chi connectivity index (χ4n) is 5.05. The van der Waals surface area contributed by atoms with E-state index in [0.29, 0.717) is 11.7 Å². The molecule has 37 heavy (non-hydrogen) atoms. The van der Waals surface area contributed by atoms with E-state index in [1.54, 1.807) is 23.1 Å². The van der Waals surface area contributed by atoms with Gasteiger partial charge < -0.3 is 9.64 Å². The maximum Gasteiger partial charge on any atom is 0.244 e. The third-order valence-electron chi connectivity index (χ3n) is 7.18. The molecule has 3 heterocycles. The molecule has 0 spiro atoms. The first-order valence-corrected chi connectivity index (χ1v) is 13.9. The van der Waals surface area contributed by atoms with Crippen LogP contribution in [0.4, 0.5) is 0 Å². The molecule has 200 valence electrons. The van der Waals surface area contributed by atoms with E-state index in [1.807, 2.05) is 24.9 Å². The highest BCUT2D eigenvalue weighted by molar-refractivity contribution is 7.15. The van der Waals surface area contributed by atoms with Gasteiger partial charge in [-0.25, -0.2) is 14.6 Å². The molecule has 1 aliphatic rings. The van der Waals surface area contributed by atoms with Crippen molar-refractivity contribution in [3.8, 4) is 16.3 Å². The van der Waals surface area contributed by atoms with Gasteiger partial charge in [-0.15, -0.1) is 11.3 Å². The molecule has 1 fully saturated rings. The van der Waals surface area contributed by atoms with Crippen LogP contribution in [0.5, 0.6) is 5.75 Å². The number of amides is 1. The van der Waals surface area contributed by atoms with E-state index < -0.39 is 0 Å². The van der Waals surface area contributed by atoms with Gasteiger partial charge in [-0.05, 0) is 55.6 Å². The van der Waals surface area contributed by atoms with Crippen LogP contribution in [0.1, 0.15) is 88.0 Å². The van der Waals surface area contributed by atoms with Crippen molar-refractivity contribution in [3.63, 3.8) is 0 Å². The Labute approximate surface area is 225 Å². The number of rotatable bonds is 5. The van der Waals surface area contributed by atoms with Crippen molar-refractivity contribution in [3.05, 3.63) is 46.0 Å². The van der Waals surface area contributed by atoms with Gasteiger partial charge in [-0.1, -0.05) is 41.5 Å². The lowest BCUT2D eigenvalue weighted by atomic mass is 9.78. The first-order valence-electron chi connectivity index (χ1n) is 13.1. The molecule has 1 saturated heterocycles. The number of likely N-dealkylation sites (tertiary alicyclic amines) is 1. The van der Waals surface area contributed by atoms with E-state index in [1.165, 1.54) is 16.0 Å². The molecule has 0 saturated carbocycles. The molecular formula is C29H41N5O2S. The molecule has 1 aromatic carbocycles. The van der Waals surface area contributed by atoms with Gasteiger partial charge in [0.2, 0.25) is 5.91 Å². The highest BCUT2D eigenvalue weighted by Crippen LogP contribution is 2.44. The first kappa shape index (κ1) is 27.3. The molecule has 3 aromatic rings. The fraction of sp³-hybridized carbons (Fsp3) is 0.586. The lowest BCUT2D eigenvalue weighted by molar-refractivity contribution is -0.133. The summed E-state index contributed by atoms with van der Waals surface area (Å²) in [5.74, 6) is 2.99. The average molecular weight is 524 g/mol. The molecule has 1 aliphatic heterocycles. The van der Waals surface area contributed by atoms with Gasteiger partial charge in [0.25, 0.3) is 0 Å². The van der Waals surface area contributed by atoms with Crippen molar-refractivity contribution in [2.45, 2.75) is 91.5 Å². The van der Waals surface area contributed by atoms with Crippen LogP contribution >= 0.6 is 11.3 Å². The Morgan fingerprint density at radius 2 is 1.65 bits per heavy atom. The Kier molecular flexibility index (Phi) is 7.52. The summed E-state index contributed by atoms with van der Waals surface area (Å²) < 4.78 is 7.64. The maximum atomic E-state index is 12.9. The number of benzene rings is 1. The number of hydrogen-bond acceptors (Lipinski definition) is 6. The smallest absolute Gasteiger partial charge is 0.244 e. The zero-order valence-electron chi connectivity index (χ0n) is 23.8. The molecule has 8 heteroatoms. The topological polar surface area (TPSA) is 73.1 Å². The molecule has 0 atom stereocenters. The van der Waals surface area contributed by atoms with Crippen LogP contribution in [0.3, 0.4) is 0 Å². The number of ether oxygens (including phenoxy) is 1. The van der Waals surface area contributed by atoms with Gasteiger partial charge in [-0.3, -0.25) is 4.79 Å². The lowest BCUT2D eigenvalue weighted by Gasteiger charge is -2.31. The van der Waals surface area contributed by atoms with Crippen LogP contribution in [0.25, 0.3) is 10.6 Å². The minimum Gasteiger partial charge on any atom is -0.496 e. The molecule has 2 aromatic heterocycles. The van der Waals surface area contributed by atoms with Crippen LogP contribution in [0.15, 0.2) is 18.3 Å². The van der Waals surface area contributed by atoms with Crippen LogP contribution in [0.2, 0.25) is 0 Å². The summed E-state index contributed by atoms with van der Waals surface area (Å²) in [5, 5.41) is 5.38. The van der Waals surface area contributed by atoms with Crippen LogP contribution < -0.4 is 4.74 Å². The molecular weight excluding hydrogens is 482 g/mol. The Morgan fingerprint density at radius 3 is 2.14 bits per heavy atom. The number of carbonyl (C=O) groups excluding carboxylic acids is 1. The second kappa shape index (κ2) is 10.2. The monoisotopic (exact) mass is 523 g/mol. The zero-order chi connectivity index (χ0) is 27.1. The third-order valence-corrected chi connectivity index (χ3v) is 8.39. The summed E-state index contributed by atoms with van der Waals surface area (Å²) in [5.41, 5.74) is 3.46. The standard InChI is InChI=1S/C29H41N5O2S/c1-18-31-19(2)34(32-18)17-25(35)33-12-10-20(11-13-33)24-16-30-27(37-24)21-14-22(28(3,4)5)26(36-9)23(15-21)29(6,7)8/h14-16,20H,10-13,17H2,1-9H3. The summed E-state index contributed by atoms with van der Waals surface area (Å²) in [7, 11) is 1.77. The second-order valence-electron chi connectivity index (χ2n) is 12.2. The van der Waals surface area contributed by atoms with Crippen molar-refractivity contribution >= 4 is 17.2 Å². The second-order valence-corrected chi connectivity index (χ2v) is 13.3. The van der Waals surface area contributed by atoms with Crippen LogP contribution in [0, 0.1) is 13.8 Å². The van der Waals surface area contributed by atoms with E-state index in [0.717, 1.165) is 48.1 Å². The minimum atomic E-state index is -0.0513. The van der Waals surface area contributed by atoms with Gasteiger partial charge >= 0.3 is 0 Å². The minimum absolute atomic E-state index is 0.0513. The van der Waals surface area contributed by atoms with Crippen molar-refractivity contribution in [1.29, 1.82) is 0 Å². The zero-order valence-corrected chi connectivity index (χ0v) is 24.6. The van der Waals surface area contributed by atoms with E-state index in [-0.39, 0.29) is 23.3 Å². The number of piperidine rings is 1. The molecule has 0 unspecified atom stereocenters. The third kappa shape index (κ3) is 5.89. The number of nitrogens with zero attached hydrogens (tertiary/aromatic N) is 5. The number of hydrogen-bond donors (Lipinski definition) is 0. The molecule has 7 nitrogen and oxygen atoms in total. The summed E-state index contributed by atoms with van der Waals surface area (Å²) in [6.07, 6.45) is 3.94. The molecule has 0 aliphatic carbocycles. The number of carbonyl (C=O) groups is 1. The molecule has 1 amide bonds. The summed E-state index contributed by atoms with van der Waals surface area (Å²) in [6.45, 7) is 18.9. The molecule has 0 radical (unpaired) electrons. The predicted octanol–water partition coefficient (Wildman–Crippen LogP) is 6.03.